The minimum absolute atomic E-state index is 0.255. The Morgan fingerprint density at radius 1 is 1.33 bits per heavy atom. The molecule has 0 bridgehead atoms. The van der Waals surface area contributed by atoms with Crippen molar-refractivity contribution in [1.29, 1.82) is 0 Å². The molecular formula is C20H20N3O4-. The summed E-state index contributed by atoms with van der Waals surface area (Å²) in [4.78, 5) is 26.6. The zero-order valence-electron chi connectivity index (χ0n) is 15.2. The average Bonchev–Trinajstić information content (AvgIpc) is 3.26. The van der Waals surface area contributed by atoms with Gasteiger partial charge in [-0.15, -0.1) is 0 Å². The lowest BCUT2D eigenvalue weighted by Gasteiger charge is -2.08. The Hall–Kier alpha value is -3.35. The molecule has 0 aliphatic rings. The van der Waals surface area contributed by atoms with E-state index in [1.165, 1.54) is 7.11 Å². The highest BCUT2D eigenvalue weighted by atomic mass is 16.5. The summed E-state index contributed by atoms with van der Waals surface area (Å²) in [5, 5.41) is 11.8. The minimum Gasteiger partial charge on any atom is -0.545 e. The summed E-state index contributed by atoms with van der Waals surface area (Å²) in [5.41, 5.74) is 3.78. The van der Waals surface area contributed by atoms with Crippen molar-refractivity contribution in [1.82, 2.24) is 14.1 Å². The maximum atomic E-state index is 11.6. The van der Waals surface area contributed by atoms with Gasteiger partial charge in [-0.3, -0.25) is 4.79 Å². The molecule has 2 aromatic heterocycles. The van der Waals surface area contributed by atoms with Crippen LogP contribution in [0.2, 0.25) is 0 Å². The first-order valence-corrected chi connectivity index (χ1v) is 8.53. The summed E-state index contributed by atoms with van der Waals surface area (Å²) in [7, 11) is 1.37. The number of aromatic nitrogens is 3. The zero-order chi connectivity index (χ0) is 19.4. The first kappa shape index (κ1) is 18.4. The maximum Gasteiger partial charge on any atom is 0.307 e. The Bertz CT molecular complexity index is 1000. The summed E-state index contributed by atoms with van der Waals surface area (Å²) in [6.07, 6.45) is 8.14. The Labute approximate surface area is 156 Å². The molecule has 0 saturated heterocycles. The summed E-state index contributed by atoms with van der Waals surface area (Å²) >= 11 is 0. The van der Waals surface area contributed by atoms with E-state index < -0.39 is 5.97 Å². The van der Waals surface area contributed by atoms with Crippen LogP contribution in [-0.4, -0.2) is 33.2 Å². The third-order valence-corrected chi connectivity index (χ3v) is 4.57. The highest BCUT2D eigenvalue weighted by Crippen LogP contribution is 2.31. The summed E-state index contributed by atoms with van der Waals surface area (Å²) in [5.74, 6) is -1.52. The quantitative estimate of drug-likeness (QED) is 0.467. The zero-order valence-corrected chi connectivity index (χ0v) is 15.2. The number of methoxy groups -OCH3 is 1. The van der Waals surface area contributed by atoms with Crippen LogP contribution < -0.4 is 5.11 Å². The molecule has 0 radical (unpaired) electrons. The van der Waals surface area contributed by atoms with Gasteiger partial charge in [0.05, 0.1) is 32.4 Å². The molecule has 2 heterocycles. The molecule has 27 heavy (non-hydrogen) atoms. The van der Waals surface area contributed by atoms with Crippen LogP contribution in [0.4, 0.5) is 0 Å². The number of fused-ring (bicyclic) bond motifs is 1. The van der Waals surface area contributed by atoms with Gasteiger partial charge in [-0.25, -0.2) is 4.98 Å². The monoisotopic (exact) mass is 366 g/mol. The largest absolute Gasteiger partial charge is 0.545 e. The van der Waals surface area contributed by atoms with E-state index in [0.29, 0.717) is 13.1 Å². The fourth-order valence-corrected chi connectivity index (χ4v) is 3.28. The molecule has 0 aliphatic heterocycles. The van der Waals surface area contributed by atoms with Gasteiger partial charge >= 0.3 is 5.97 Å². The highest BCUT2D eigenvalue weighted by Gasteiger charge is 2.17. The number of imidazole rings is 1. The van der Waals surface area contributed by atoms with Crippen molar-refractivity contribution in [2.75, 3.05) is 7.11 Å². The number of carboxylic acid groups (broad SMARTS) is 1. The molecule has 1 aromatic carbocycles. The second kappa shape index (κ2) is 7.90. The first-order valence-electron chi connectivity index (χ1n) is 8.53. The van der Waals surface area contributed by atoms with Gasteiger partial charge in [0.25, 0.3) is 0 Å². The van der Waals surface area contributed by atoms with Crippen molar-refractivity contribution in [3.8, 4) is 0 Å². The number of ether oxygens (including phenoxy) is 1. The smallest absolute Gasteiger partial charge is 0.307 e. The number of aryl methyl sites for hydroxylation is 1. The van der Waals surface area contributed by atoms with E-state index in [2.05, 4.69) is 9.55 Å². The predicted molar refractivity (Wildman–Crippen MR) is 98.7 cm³/mol. The van der Waals surface area contributed by atoms with E-state index in [0.717, 1.165) is 33.8 Å². The van der Waals surface area contributed by atoms with Crippen molar-refractivity contribution >= 4 is 28.9 Å². The number of hydrogen-bond donors (Lipinski definition) is 0. The molecule has 0 amide bonds. The summed E-state index contributed by atoms with van der Waals surface area (Å²) in [6.45, 7) is 3.06. The number of benzene rings is 1. The minimum atomic E-state index is -1.25. The molecule has 0 fully saturated rings. The highest BCUT2D eigenvalue weighted by molar-refractivity contribution is 5.96. The Balaban J connectivity index is 2.15. The van der Waals surface area contributed by atoms with E-state index in [-0.39, 0.29) is 12.4 Å². The van der Waals surface area contributed by atoms with Gasteiger partial charge in [0.15, 0.2) is 0 Å². The Morgan fingerprint density at radius 2 is 2.15 bits per heavy atom. The van der Waals surface area contributed by atoms with Crippen LogP contribution >= 0.6 is 0 Å². The first-order chi connectivity index (χ1) is 13.0. The molecule has 0 unspecified atom stereocenters. The van der Waals surface area contributed by atoms with E-state index in [9.17, 15) is 14.7 Å². The van der Waals surface area contributed by atoms with Gasteiger partial charge in [-0.2, -0.15) is 0 Å². The standard InChI is InChI=1S/C20H21N3O4/c1-14-16(12-22-11-9-21-13-22)20-15(6-7-18(24)25)4-3-5-17(20)23(14)10-8-19(26)27-2/h3-7,9,11,13H,8,10,12H2,1-2H3,(H,24,25)/p-1/b7-6+. The number of esters is 1. The summed E-state index contributed by atoms with van der Waals surface area (Å²) < 4.78 is 8.77. The van der Waals surface area contributed by atoms with Crippen LogP contribution in [-0.2, 0) is 27.4 Å². The molecule has 0 aliphatic carbocycles. The lowest BCUT2D eigenvalue weighted by molar-refractivity contribution is -0.297. The van der Waals surface area contributed by atoms with Crippen LogP contribution in [0.25, 0.3) is 17.0 Å². The van der Waals surface area contributed by atoms with Gasteiger partial charge in [0.2, 0.25) is 0 Å². The van der Waals surface area contributed by atoms with E-state index in [1.807, 2.05) is 35.9 Å². The number of hydrogen-bond acceptors (Lipinski definition) is 5. The van der Waals surface area contributed by atoms with Gasteiger partial charge < -0.3 is 23.8 Å². The van der Waals surface area contributed by atoms with Gasteiger partial charge in [-0.1, -0.05) is 18.2 Å². The SMILES string of the molecule is COC(=O)CCn1c(C)c(Cn2ccnc2)c2c(/C=C/C(=O)[O-])cccc21. The van der Waals surface area contributed by atoms with E-state index in [4.69, 9.17) is 4.74 Å². The molecule has 7 heteroatoms. The van der Waals surface area contributed by atoms with Crippen LogP contribution in [0.15, 0.2) is 43.0 Å². The number of carbonyl (C=O) groups is 2. The van der Waals surface area contributed by atoms with Crippen LogP contribution in [0.5, 0.6) is 0 Å². The van der Waals surface area contributed by atoms with Crippen molar-refractivity contribution < 1.29 is 19.4 Å². The molecule has 7 nitrogen and oxygen atoms in total. The number of aliphatic carboxylic acids is 1. The topological polar surface area (TPSA) is 89.2 Å². The normalized spacial score (nSPS) is 11.3. The van der Waals surface area contributed by atoms with E-state index >= 15 is 0 Å². The molecule has 3 aromatic rings. The third-order valence-electron chi connectivity index (χ3n) is 4.57. The predicted octanol–water partition coefficient (Wildman–Crippen LogP) is 1.52. The van der Waals surface area contributed by atoms with Crippen molar-refractivity contribution in [2.45, 2.75) is 26.4 Å². The number of nitrogens with zero attached hydrogens (tertiary/aromatic N) is 3. The van der Waals surface area contributed by atoms with Gasteiger partial charge in [0.1, 0.15) is 0 Å². The van der Waals surface area contributed by atoms with Crippen molar-refractivity contribution in [2.24, 2.45) is 0 Å². The Morgan fingerprint density at radius 3 is 2.81 bits per heavy atom. The lowest BCUT2D eigenvalue weighted by Crippen LogP contribution is -2.18. The second-order valence-electron chi connectivity index (χ2n) is 6.17. The van der Waals surface area contributed by atoms with Crippen LogP contribution in [0.3, 0.4) is 0 Å². The fourth-order valence-electron chi connectivity index (χ4n) is 3.28. The summed E-state index contributed by atoms with van der Waals surface area (Å²) in [6, 6.07) is 5.70. The molecule has 0 saturated carbocycles. The Kier molecular flexibility index (Phi) is 5.40. The lowest BCUT2D eigenvalue weighted by atomic mass is 10.0. The molecular weight excluding hydrogens is 346 g/mol. The van der Waals surface area contributed by atoms with Gasteiger partial charge in [0, 0.05) is 41.1 Å². The number of carbonyl (C=O) groups excluding carboxylic acids is 2. The van der Waals surface area contributed by atoms with Crippen LogP contribution in [0.1, 0.15) is 23.2 Å². The van der Waals surface area contributed by atoms with Crippen LogP contribution in [0, 0.1) is 6.92 Å². The second-order valence-corrected chi connectivity index (χ2v) is 6.17. The number of carboxylic acids is 1. The molecule has 0 N–H and O–H groups in total. The number of rotatable bonds is 7. The molecule has 0 atom stereocenters. The molecule has 3 rings (SSSR count). The molecule has 140 valence electrons. The molecule has 0 spiro atoms. The average molecular weight is 366 g/mol. The fraction of sp³-hybridized carbons (Fsp3) is 0.250. The van der Waals surface area contributed by atoms with Crippen molar-refractivity contribution in [3.05, 3.63) is 59.8 Å². The van der Waals surface area contributed by atoms with Crippen molar-refractivity contribution in [3.63, 3.8) is 0 Å². The maximum absolute atomic E-state index is 11.6. The third kappa shape index (κ3) is 3.92. The van der Waals surface area contributed by atoms with E-state index in [1.54, 1.807) is 18.6 Å². The van der Waals surface area contributed by atoms with Gasteiger partial charge in [-0.05, 0) is 24.6 Å².